The summed E-state index contributed by atoms with van der Waals surface area (Å²) < 4.78 is 28.5. The molecule has 1 aliphatic rings. The quantitative estimate of drug-likeness (QED) is 0.540. The lowest BCUT2D eigenvalue weighted by Gasteiger charge is -2.18. The summed E-state index contributed by atoms with van der Waals surface area (Å²) in [5, 5.41) is 8.85. The number of rotatable bonds is 13. The fourth-order valence-electron chi connectivity index (χ4n) is 2.80. The van der Waals surface area contributed by atoms with Crippen LogP contribution in [-0.4, -0.2) is 57.0 Å². The van der Waals surface area contributed by atoms with E-state index in [0.717, 1.165) is 30.6 Å². The molecule has 1 aliphatic heterocycles. The maximum Gasteiger partial charge on any atom is 0.184 e. The largest absolute Gasteiger partial charge is 0.491 e. The molecule has 1 aromatic carbocycles. The number of unbranched alkanes of at least 4 members (excludes halogenated alkanes) is 1. The third-order valence-electron chi connectivity index (χ3n) is 4.18. The molecule has 0 amide bonds. The molecule has 0 saturated carbocycles. The van der Waals surface area contributed by atoms with Gasteiger partial charge in [0.25, 0.3) is 0 Å². The predicted octanol–water partition coefficient (Wildman–Crippen LogP) is 3.08. The first-order chi connectivity index (χ1) is 12.8. The van der Waals surface area contributed by atoms with Gasteiger partial charge in [-0.2, -0.15) is 0 Å². The highest BCUT2D eigenvalue weighted by Gasteiger charge is 2.26. The Morgan fingerprint density at radius 3 is 2.62 bits per heavy atom. The minimum Gasteiger partial charge on any atom is -0.491 e. The SMILES string of the molecule is CCOCC(COc1ccc(C2OCC(CCCCO)O2)cc1)OCC. The van der Waals surface area contributed by atoms with Gasteiger partial charge in [0.15, 0.2) is 6.29 Å². The number of hydrogen-bond donors (Lipinski definition) is 1. The van der Waals surface area contributed by atoms with Gasteiger partial charge >= 0.3 is 0 Å². The van der Waals surface area contributed by atoms with E-state index in [-0.39, 0.29) is 25.1 Å². The number of aliphatic hydroxyl groups is 1. The zero-order chi connectivity index (χ0) is 18.6. The first kappa shape index (κ1) is 21.1. The second kappa shape index (κ2) is 12.3. The van der Waals surface area contributed by atoms with Gasteiger partial charge in [-0.25, -0.2) is 0 Å². The first-order valence-electron chi connectivity index (χ1n) is 9.56. The Labute approximate surface area is 156 Å². The maximum atomic E-state index is 8.85. The molecule has 3 atom stereocenters. The van der Waals surface area contributed by atoms with Crippen LogP contribution in [0.5, 0.6) is 5.75 Å². The minimum atomic E-state index is -0.322. The van der Waals surface area contributed by atoms with Gasteiger partial charge in [0.2, 0.25) is 0 Å². The molecule has 26 heavy (non-hydrogen) atoms. The van der Waals surface area contributed by atoms with Gasteiger partial charge in [-0.15, -0.1) is 0 Å². The average molecular weight is 368 g/mol. The molecule has 0 bridgehead atoms. The van der Waals surface area contributed by atoms with E-state index in [9.17, 15) is 0 Å². The summed E-state index contributed by atoms with van der Waals surface area (Å²) in [7, 11) is 0. The molecular weight excluding hydrogens is 336 g/mol. The summed E-state index contributed by atoms with van der Waals surface area (Å²) in [6, 6.07) is 7.78. The predicted molar refractivity (Wildman–Crippen MR) is 98.3 cm³/mol. The molecule has 3 unspecified atom stereocenters. The lowest BCUT2D eigenvalue weighted by Crippen LogP contribution is -2.27. The van der Waals surface area contributed by atoms with E-state index < -0.39 is 0 Å². The van der Waals surface area contributed by atoms with Crippen LogP contribution < -0.4 is 4.74 Å². The van der Waals surface area contributed by atoms with E-state index in [4.69, 9.17) is 28.8 Å². The van der Waals surface area contributed by atoms with Crippen molar-refractivity contribution in [2.24, 2.45) is 0 Å². The van der Waals surface area contributed by atoms with E-state index in [1.807, 2.05) is 38.1 Å². The Bertz CT molecular complexity index is 478. The summed E-state index contributed by atoms with van der Waals surface area (Å²) in [5.74, 6) is 0.785. The molecule has 0 spiro atoms. The molecule has 1 fully saturated rings. The van der Waals surface area contributed by atoms with Crippen LogP contribution >= 0.6 is 0 Å². The Morgan fingerprint density at radius 1 is 1.12 bits per heavy atom. The van der Waals surface area contributed by atoms with Gasteiger partial charge in [-0.1, -0.05) is 12.1 Å². The summed E-state index contributed by atoms with van der Waals surface area (Å²) in [6.07, 6.45) is 2.39. The van der Waals surface area contributed by atoms with Crippen LogP contribution in [-0.2, 0) is 18.9 Å². The first-order valence-corrected chi connectivity index (χ1v) is 9.56. The summed E-state index contributed by atoms with van der Waals surface area (Å²) in [5.41, 5.74) is 0.984. The van der Waals surface area contributed by atoms with Crippen molar-refractivity contribution in [3.63, 3.8) is 0 Å². The lowest BCUT2D eigenvalue weighted by molar-refractivity contribution is -0.0615. The third-order valence-corrected chi connectivity index (χ3v) is 4.18. The molecule has 6 nitrogen and oxygen atoms in total. The van der Waals surface area contributed by atoms with Crippen molar-refractivity contribution in [1.82, 2.24) is 0 Å². The van der Waals surface area contributed by atoms with Crippen molar-refractivity contribution >= 4 is 0 Å². The Kier molecular flexibility index (Phi) is 9.95. The molecular formula is C20H32O6. The maximum absolute atomic E-state index is 8.85. The second-order valence-electron chi connectivity index (χ2n) is 6.26. The van der Waals surface area contributed by atoms with Crippen molar-refractivity contribution in [1.29, 1.82) is 0 Å². The lowest BCUT2D eigenvalue weighted by atomic mass is 10.2. The number of benzene rings is 1. The van der Waals surface area contributed by atoms with Crippen molar-refractivity contribution in [3.8, 4) is 5.75 Å². The fourth-order valence-corrected chi connectivity index (χ4v) is 2.80. The van der Waals surface area contributed by atoms with Crippen molar-refractivity contribution < 1.29 is 28.8 Å². The van der Waals surface area contributed by atoms with Crippen molar-refractivity contribution in [2.45, 2.75) is 51.6 Å². The monoisotopic (exact) mass is 368 g/mol. The van der Waals surface area contributed by atoms with Crippen LogP contribution in [0.4, 0.5) is 0 Å². The Morgan fingerprint density at radius 2 is 1.92 bits per heavy atom. The van der Waals surface area contributed by atoms with E-state index >= 15 is 0 Å². The molecule has 6 heteroatoms. The number of aliphatic hydroxyl groups excluding tert-OH is 1. The topological polar surface area (TPSA) is 66.4 Å². The van der Waals surface area contributed by atoms with Crippen LogP contribution in [0.1, 0.15) is 45.0 Å². The second-order valence-corrected chi connectivity index (χ2v) is 6.26. The molecule has 0 aliphatic carbocycles. The van der Waals surface area contributed by atoms with E-state index in [0.29, 0.717) is 33.0 Å². The highest BCUT2D eigenvalue weighted by atomic mass is 16.7. The Hall–Kier alpha value is -1.18. The smallest absolute Gasteiger partial charge is 0.184 e. The number of hydrogen-bond acceptors (Lipinski definition) is 6. The summed E-state index contributed by atoms with van der Waals surface area (Å²) >= 11 is 0. The third kappa shape index (κ3) is 7.21. The Balaban J connectivity index is 1.77. The molecule has 1 N–H and O–H groups in total. The fraction of sp³-hybridized carbons (Fsp3) is 0.700. The van der Waals surface area contributed by atoms with Crippen LogP contribution in [0.3, 0.4) is 0 Å². The minimum absolute atomic E-state index is 0.0687. The molecule has 0 radical (unpaired) electrons. The highest BCUT2D eigenvalue weighted by Crippen LogP contribution is 2.30. The molecule has 2 rings (SSSR count). The van der Waals surface area contributed by atoms with Crippen LogP contribution in [0, 0.1) is 0 Å². The van der Waals surface area contributed by atoms with E-state index in [2.05, 4.69) is 0 Å². The summed E-state index contributed by atoms with van der Waals surface area (Å²) in [4.78, 5) is 0. The zero-order valence-corrected chi connectivity index (χ0v) is 15.9. The zero-order valence-electron chi connectivity index (χ0n) is 15.9. The molecule has 1 saturated heterocycles. The average Bonchev–Trinajstić information content (AvgIpc) is 3.13. The van der Waals surface area contributed by atoms with Gasteiger partial charge in [-0.05, 0) is 45.2 Å². The molecule has 0 aromatic heterocycles. The molecule has 1 heterocycles. The van der Waals surface area contributed by atoms with Gasteiger partial charge in [0, 0.05) is 25.4 Å². The highest BCUT2D eigenvalue weighted by molar-refractivity contribution is 5.28. The molecule has 1 aromatic rings. The summed E-state index contributed by atoms with van der Waals surface area (Å²) in [6.45, 7) is 7.05. The van der Waals surface area contributed by atoms with E-state index in [1.165, 1.54) is 0 Å². The molecule has 148 valence electrons. The van der Waals surface area contributed by atoms with E-state index in [1.54, 1.807) is 0 Å². The van der Waals surface area contributed by atoms with Crippen molar-refractivity contribution in [2.75, 3.05) is 39.6 Å². The van der Waals surface area contributed by atoms with Crippen LogP contribution in [0.15, 0.2) is 24.3 Å². The number of ether oxygens (including phenoxy) is 5. The van der Waals surface area contributed by atoms with Crippen LogP contribution in [0.2, 0.25) is 0 Å². The van der Waals surface area contributed by atoms with Gasteiger partial charge in [-0.3, -0.25) is 0 Å². The van der Waals surface area contributed by atoms with Crippen molar-refractivity contribution in [3.05, 3.63) is 29.8 Å². The van der Waals surface area contributed by atoms with Gasteiger partial charge < -0.3 is 28.8 Å². The van der Waals surface area contributed by atoms with Gasteiger partial charge in [0.05, 0.1) is 19.3 Å². The normalized spacial score (nSPS) is 21.0. The van der Waals surface area contributed by atoms with Crippen LogP contribution in [0.25, 0.3) is 0 Å². The van der Waals surface area contributed by atoms with Gasteiger partial charge in [0.1, 0.15) is 18.5 Å². The standard InChI is InChI=1S/C20H32O6/c1-3-22-13-19(23-4-2)15-24-17-10-8-16(9-11-17)20-25-14-18(26-20)7-5-6-12-21/h8-11,18-21H,3-7,12-15H2,1-2H3.